The molecule has 0 atom stereocenters. The predicted molar refractivity (Wildman–Crippen MR) is 197 cm³/mol. The van der Waals surface area contributed by atoms with Gasteiger partial charge >= 0.3 is 0 Å². The highest BCUT2D eigenvalue weighted by molar-refractivity contribution is 9.09. The maximum absolute atomic E-state index is 7.37. The first-order chi connectivity index (χ1) is 18.0. The molecule has 0 aliphatic heterocycles. The lowest BCUT2D eigenvalue weighted by atomic mass is 10.0. The number of aryl methyl sites for hydroxylation is 2. The minimum absolute atomic E-state index is 0.243. The highest BCUT2D eigenvalue weighted by atomic mass is 79.9. The average Bonchev–Trinajstić information content (AvgIpc) is 2.81. The Labute approximate surface area is 275 Å². The first-order valence-corrected chi connectivity index (χ1v) is 24.7. The lowest BCUT2D eigenvalue weighted by molar-refractivity contribution is 0.461. The highest BCUT2D eigenvalue weighted by Gasteiger charge is 2.41. The van der Waals surface area contributed by atoms with Gasteiger partial charge in [0.2, 0.25) is 0 Å². The van der Waals surface area contributed by atoms with Crippen LogP contribution in [-0.2, 0) is 25.7 Å². The largest absolute Gasteiger partial charge is 0.456 e. The summed E-state index contributed by atoms with van der Waals surface area (Å²) in [5, 5.41) is 7.25. The van der Waals surface area contributed by atoms with Crippen molar-refractivity contribution in [2.75, 3.05) is 21.3 Å². The molecule has 0 fully saturated rings. The van der Waals surface area contributed by atoms with Gasteiger partial charge in [-0.1, -0.05) is 166 Å². The molecule has 0 amide bonds. The quantitative estimate of drug-likeness (QED) is 0.153. The van der Waals surface area contributed by atoms with Gasteiger partial charge in [0.25, 0.3) is 0 Å². The Morgan fingerprint density at radius 1 is 0.538 bits per heavy atom. The van der Waals surface area contributed by atoms with Gasteiger partial charge in [0.05, 0.1) is 16.1 Å². The van der Waals surface area contributed by atoms with Crippen LogP contribution in [0.4, 0.5) is 0 Å². The van der Waals surface area contributed by atoms with E-state index in [0.29, 0.717) is 0 Å². The molecule has 0 unspecified atom stereocenters. The van der Waals surface area contributed by atoms with Crippen molar-refractivity contribution >= 4 is 90.2 Å². The molecule has 0 saturated carbocycles. The van der Waals surface area contributed by atoms with Gasteiger partial charge < -0.3 is 4.74 Å². The van der Waals surface area contributed by atoms with Crippen molar-refractivity contribution in [2.45, 2.75) is 103 Å². The van der Waals surface area contributed by atoms with Crippen LogP contribution in [0.25, 0.3) is 0 Å². The summed E-state index contributed by atoms with van der Waals surface area (Å²) in [7, 11) is -3.60. The molecule has 2 aromatic rings. The summed E-state index contributed by atoms with van der Waals surface area (Å²) in [4.78, 5) is 0. The van der Waals surface area contributed by atoms with Gasteiger partial charge in [-0.15, -0.1) is 0 Å². The third-order valence-corrected chi connectivity index (χ3v) is 22.1. The maximum atomic E-state index is 7.37. The first kappa shape index (κ1) is 35.8. The normalized spacial score (nSPS) is 13.2. The summed E-state index contributed by atoms with van der Waals surface area (Å²) in [5.41, 5.74) is 5.42. The molecule has 0 N–H and O–H groups in total. The second-order valence-corrected chi connectivity index (χ2v) is 27.5. The molecule has 2 aromatic carbocycles. The predicted octanol–water partition coefficient (Wildman–Crippen LogP) is 10.7. The van der Waals surface area contributed by atoms with Crippen LogP contribution in [0.5, 0.6) is 11.5 Å². The Kier molecular flexibility index (Phi) is 13.2. The number of halogens is 4. The molecule has 39 heavy (non-hydrogen) atoms. The van der Waals surface area contributed by atoms with Crippen LogP contribution in [0.15, 0.2) is 24.3 Å². The Morgan fingerprint density at radius 3 is 1.10 bits per heavy atom. The Hall–Kier alpha value is 0.594. The molecule has 220 valence electrons. The molecule has 0 spiro atoms. The Balaban J connectivity index is 3.00. The van der Waals surface area contributed by atoms with Crippen LogP contribution in [0.2, 0.25) is 36.3 Å². The molecular formula is C32H50Br4OSi2. The van der Waals surface area contributed by atoms with Gasteiger partial charge in [-0.05, 0) is 58.0 Å². The number of hydrogen-bond donors (Lipinski definition) is 0. The van der Waals surface area contributed by atoms with Crippen molar-refractivity contribution in [1.29, 1.82) is 0 Å². The summed E-state index contributed by atoms with van der Waals surface area (Å²) in [6, 6.07) is 9.59. The van der Waals surface area contributed by atoms with Crippen molar-refractivity contribution in [1.82, 2.24) is 0 Å². The minimum atomic E-state index is -1.80. The molecule has 0 radical (unpaired) electrons. The standard InChI is InChI=1S/C32H50Br4OSi2/c1-31(2,3)38(7,8)27-13-11-23(15-19-33)29(25(27)17-21-35)37-30-24(16-20-34)12-14-28(26(30)18-22-36)39(9,10)32(4,5)6/h11-14H,15-22H2,1-10H3. The van der Waals surface area contributed by atoms with Crippen LogP contribution in [0.3, 0.4) is 0 Å². The highest BCUT2D eigenvalue weighted by Crippen LogP contribution is 2.42. The molecule has 0 bridgehead atoms. The van der Waals surface area contributed by atoms with E-state index in [1.54, 1.807) is 0 Å². The number of benzene rings is 2. The molecule has 0 saturated heterocycles. The summed E-state index contributed by atoms with van der Waals surface area (Å²) < 4.78 is 7.37. The molecule has 0 heterocycles. The molecule has 1 nitrogen and oxygen atoms in total. The third-order valence-electron chi connectivity index (χ3n) is 9.40. The zero-order valence-corrected chi connectivity index (χ0v) is 34.2. The van der Waals surface area contributed by atoms with Crippen molar-refractivity contribution in [2.24, 2.45) is 0 Å². The van der Waals surface area contributed by atoms with E-state index in [0.717, 1.165) is 58.5 Å². The average molecular weight is 827 g/mol. The smallest absolute Gasteiger partial charge is 0.133 e. The molecule has 7 heteroatoms. The zero-order chi connectivity index (χ0) is 29.8. The Morgan fingerprint density at radius 2 is 0.846 bits per heavy atom. The van der Waals surface area contributed by atoms with Gasteiger partial charge in [0.1, 0.15) is 11.5 Å². The lowest BCUT2D eigenvalue weighted by Crippen LogP contribution is -2.51. The Bertz CT molecular complexity index is 1030. The van der Waals surface area contributed by atoms with Gasteiger partial charge in [-0.2, -0.15) is 0 Å². The van der Waals surface area contributed by atoms with E-state index in [-0.39, 0.29) is 10.1 Å². The number of rotatable bonds is 12. The van der Waals surface area contributed by atoms with Crippen molar-refractivity contribution in [3.63, 3.8) is 0 Å². The van der Waals surface area contributed by atoms with E-state index in [4.69, 9.17) is 4.74 Å². The second kappa shape index (κ2) is 14.4. The SMILES string of the molecule is CC(C)(C)[Si](C)(C)c1ccc(CCBr)c(Oc2c(CCBr)ccc([Si](C)(C)C(C)(C)C)c2CCBr)c1CCBr. The fourth-order valence-electron chi connectivity index (χ4n) is 4.97. The number of alkyl halides is 4. The van der Waals surface area contributed by atoms with Crippen molar-refractivity contribution in [3.8, 4) is 11.5 Å². The monoisotopic (exact) mass is 822 g/mol. The number of hydrogen-bond acceptors (Lipinski definition) is 1. The molecule has 0 aliphatic carbocycles. The topological polar surface area (TPSA) is 9.23 Å². The third kappa shape index (κ3) is 7.96. The summed E-state index contributed by atoms with van der Waals surface area (Å²) in [6.45, 7) is 24.6. The van der Waals surface area contributed by atoms with E-state index in [2.05, 4.69) is 156 Å². The van der Waals surface area contributed by atoms with E-state index >= 15 is 0 Å². The van der Waals surface area contributed by atoms with Gasteiger partial charge in [-0.3, -0.25) is 0 Å². The van der Waals surface area contributed by atoms with E-state index in [9.17, 15) is 0 Å². The molecule has 2 rings (SSSR count). The molecular weight excluding hydrogens is 776 g/mol. The van der Waals surface area contributed by atoms with Crippen molar-refractivity contribution < 1.29 is 4.74 Å². The molecule has 0 aliphatic rings. The molecule has 0 aromatic heterocycles. The van der Waals surface area contributed by atoms with Gasteiger partial charge in [0, 0.05) is 21.3 Å². The zero-order valence-electron chi connectivity index (χ0n) is 25.9. The van der Waals surface area contributed by atoms with E-state index < -0.39 is 16.1 Å². The second-order valence-electron chi connectivity index (χ2n) is 13.8. The fourth-order valence-corrected chi connectivity index (χ4v) is 11.2. The minimum Gasteiger partial charge on any atom is -0.456 e. The van der Waals surface area contributed by atoms with Crippen LogP contribution in [0, 0.1) is 0 Å². The van der Waals surface area contributed by atoms with Crippen LogP contribution >= 0.6 is 63.7 Å². The van der Waals surface area contributed by atoms with Crippen LogP contribution in [0.1, 0.15) is 63.8 Å². The lowest BCUT2D eigenvalue weighted by Gasteiger charge is -2.40. The van der Waals surface area contributed by atoms with Crippen LogP contribution < -0.4 is 15.1 Å². The van der Waals surface area contributed by atoms with Gasteiger partial charge in [-0.25, -0.2) is 0 Å². The van der Waals surface area contributed by atoms with Gasteiger partial charge in [0.15, 0.2) is 0 Å². The first-order valence-electron chi connectivity index (χ1n) is 14.2. The van der Waals surface area contributed by atoms with E-state index in [1.165, 1.54) is 32.6 Å². The van der Waals surface area contributed by atoms with Crippen LogP contribution in [-0.4, -0.2) is 37.5 Å². The fraction of sp³-hybridized carbons (Fsp3) is 0.625. The number of ether oxygens (including phenoxy) is 1. The summed E-state index contributed by atoms with van der Waals surface area (Å²) >= 11 is 15.1. The summed E-state index contributed by atoms with van der Waals surface area (Å²) in [6.07, 6.45) is 3.84. The summed E-state index contributed by atoms with van der Waals surface area (Å²) in [5.74, 6) is 2.21. The van der Waals surface area contributed by atoms with E-state index in [1.807, 2.05) is 0 Å². The van der Waals surface area contributed by atoms with Crippen molar-refractivity contribution in [3.05, 3.63) is 46.5 Å². The maximum Gasteiger partial charge on any atom is 0.133 e.